The van der Waals surface area contributed by atoms with Gasteiger partial charge in [0.2, 0.25) is 11.8 Å². The number of nitrogens with zero attached hydrogens (tertiary/aromatic N) is 4. The fraction of sp³-hybridized carbons (Fsp3) is 0.438. The van der Waals surface area contributed by atoms with E-state index < -0.39 is 5.76 Å². The molecular weight excluding hydrogens is 312 g/mol. The lowest BCUT2D eigenvalue weighted by molar-refractivity contribution is -0.133. The molecule has 2 aromatic rings. The van der Waals surface area contributed by atoms with Gasteiger partial charge in [-0.2, -0.15) is 4.68 Å². The summed E-state index contributed by atoms with van der Waals surface area (Å²) in [4.78, 5) is 28.0. The Kier molecular flexibility index (Phi) is 5.07. The summed E-state index contributed by atoms with van der Waals surface area (Å²) in [5.41, 5.74) is 0.693. The number of aliphatic hydroxyl groups excluding tert-OH is 1. The molecule has 0 bridgehead atoms. The number of β-amino-alcohol motifs (C(OH)–C–C–N with tert-alkyl or cyclic N) is 1. The van der Waals surface area contributed by atoms with Crippen LogP contribution in [0.4, 0.5) is 0 Å². The van der Waals surface area contributed by atoms with Crippen molar-refractivity contribution in [3.8, 4) is 11.5 Å². The van der Waals surface area contributed by atoms with E-state index in [0.717, 1.165) is 17.8 Å². The average molecular weight is 332 g/mol. The molecule has 128 valence electrons. The maximum absolute atomic E-state index is 12.3. The molecule has 8 heteroatoms. The van der Waals surface area contributed by atoms with Gasteiger partial charge in [-0.25, -0.2) is 4.79 Å². The van der Waals surface area contributed by atoms with E-state index in [0.29, 0.717) is 25.2 Å². The Morgan fingerprint density at radius 2 is 1.88 bits per heavy atom. The first-order valence-corrected chi connectivity index (χ1v) is 7.92. The van der Waals surface area contributed by atoms with Crippen molar-refractivity contribution in [2.75, 3.05) is 39.3 Å². The molecule has 1 amide bonds. The van der Waals surface area contributed by atoms with Gasteiger partial charge in [-0.05, 0) is 12.1 Å². The minimum absolute atomic E-state index is 0.116. The van der Waals surface area contributed by atoms with E-state index in [9.17, 15) is 9.59 Å². The van der Waals surface area contributed by atoms with Crippen molar-refractivity contribution in [1.29, 1.82) is 0 Å². The zero-order chi connectivity index (χ0) is 16.9. The topological polar surface area (TPSA) is 91.8 Å². The van der Waals surface area contributed by atoms with Gasteiger partial charge >= 0.3 is 5.76 Å². The van der Waals surface area contributed by atoms with Crippen LogP contribution in [0.5, 0.6) is 0 Å². The maximum atomic E-state index is 12.3. The van der Waals surface area contributed by atoms with Crippen LogP contribution in [-0.4, -0.2) is 69.9 Å². The molecule has 0 atom stereocenters. The van der Waals surface area contributed by atoms with Crippen LogP contribution >= 0.6 is 0 Å². The van der Waals surface area contributed by atoms with Crippen LogP contribution in [0.15, 0.2) is 39.5 Å². The normalized spacial score (nSPS) is 15.6. The summed E-state index contributed by atoms with van der Waals surface area (Å²) in [6.07, 6.45) is 0. The lowest BCUT2D eigenvalue weighted by Crippen LogP contribution is -2.50. The van der Waals surface area contributed by atoms with E-state index in [4.69, 9.17) is 9.52 Å². The Hall–Kier alpha value is -2.45. The summed E-state index contributed by atoms with van der Waals surface area (Å²) in [7, 11) is 0. The average Bonchev–Trinajstić information content (AvgIpc) is 2.97. The van der Waals surface area contributed by atoms with E-state index in [1.165, 1.54) is 0 Å². The number of hydrogen-bond donors (Lipinski definition) is 1. The predicted octanol–water partition coefficient (Wildman–Crippen LogP) is -0.360. The van der Waals surface area contributed by atoms with Crippen LogP contribution in [0.2, 0.25) is 0 Å². The summed E-state index contributed by atoms with van der Waals surface area (Å²) in [6, 6.07) is 9.09. The van der Waals surface area contributed by atoms with E-state index in [2.05, 4.69) is 10.00 Å². The molecule has 0 radical (unpaired) electrons. The van der Waals surface area contributed by atoms with Crippen LogP contribution in [-0.2, 0) is 11.3 Å². The smallest absolute Gasteiger partial charge is 0.395 e. The summed E-state index contributed by atoms with van der Waals surface area (Å²) in [5.74, 6) is -0.587. The molecule has 1 fully saturated rings. The number of carbonyl (C=O) groups excluding carboxylic acids is 1. The number of amides is 1. The zero-order valence-electron chi connectivity index (χ0n) is 13.3. The van der Waals surface area contributed by atoms with E-state index in [-0.39, 0.29) is 24.9 Å². The lowest BCUT2D eigenvalue weighted by atomic mass is 10.2. The number of hydrogen-bond acceptors (Lipinski definition) is 6. The van der Waals surface area contributed by atoms with Gasteiger partial charge in [-0.1, -0.05) is 18.2 Å². The van der Waals surface area contributed by atoms with Crippen LogP contribution in [0.1, 0.15) is 0 Å². The monoisotopic (exact) mass is 332 g/mol. The molecule has 1 aliphatic rings. The first-order valence-electron chi connectivity index (χ1n) is 7.92. The quantitative estimate of drug-likeness (QED) is 0.804. The van der Waals surface area contributed by atoms with E-state index in [1.807, 2.05) is 18.2 Å². The van der Waals surface area contributed by atoms with Crippen LogP contribution in [0.3, 0.4) is 0 Å². The highest BCUT2D eigenvalue weighted by Gasteiger charge is 2.22. The standard InChI is InChI=1S/C16H20N4O4/c21-11-10-18-6-8-19(9-7-18)14(22)12-20-16(23)24-15(17-20)13-4-2-1-3-5-13/h1-5,21H,6-12H2. The molecule has 1 aromatic carbocycles. The molecule has 0 spiro atoms. The van der Waals surface area contributed by atoms with Crippen molar-refractivity contribution in [2.24, 2.45) is 0 Å². The first kappa shape index (κ1) is 16.4. The maximum Gasteiger partial charge on any atom is 0.437 e. The molecule has 0 aliphatic carbocycles. The number of carbonyl (C=O) groups is 1. The number of piperazine rings is 1. The third-order valence-corrected chi connectivity index (χ3v) is 4.05. The largest absolute Gasteiger partial charge is 0.437 e. The number of aliphatic hydroxyl groups is 1. The highest BCUT2D eigenvalue weighted by atomic mass is 16.4. The van der Waals surface area contributed by atoms with E-state index in [1.54, 1.807) is 17.0 Å². The number of aromatic nitrogens is 2. The van der Waals surface area contributed by atoms with Gasteiger partial charge in [-0.15, -0.1) is 5.10 Å². The Morgan fingerprint density at radius 1 is 1.17 bits per heavy atom. The molecule has 0 unspecified atom stereocenters. The van der Waals surface area contributed by atoms with Gasteiger partial charge in [0.05, 0.1) is 6.61 Å². The van der Waals surface area contributed by atoms with Crippen molar-refractivity contribution in [3.05, 3.63) is 40.9 Å². The Bertz CT molecular complexity index is 732. The van der Waals surface area contributed by atoms with E-state index >= 15 is 0 Å². The van der Waals surface area contributed by atoms with Crippen LogP contribution in [0, 0.1) is 0 Å². The lowest BCUT2D eigenvalue weighted by Gasteiger charge is -2.34. The molecule has 2 heterocycles. The second-order valence-electron chi connectivity index (χ2n) is 5.64. The second-order valence-corrected chi connectivity index (χ2v) is 5.64. The number of benzene rings is 1. The molecule has 24 heavy (non-hydrogen) atoms. The summed E-state index contributed by atoms with van der Waals surface area (Å²) in [6.45, 7) is 3.20. The second kappa shape index (κ2) is 7.41. The first-order chi connectivity index (χ1) is 11.7. The van der Waals surface area contributed by atoms with Gasteiger partial charge < -0.3 is 14.4 Å². The van der Waals surface area contributed by atoms with Crippen molar-refractivity contribution in [1.82, 2.24) is 19.6 Å². The van der Waals surface area contributed by atoms with Crippen molar-refractivity contribution < 1.29 is 14.3 Å². The Labute approximate surface area is 138 Å². The molecule has 1 N–H and O–H groups in total. The van der Waals surface area contributed by atoms with Gasteiger partial charge in [0.1, 0.15) is 6.54 Å². The van der Waals surface area contributed by atoms with Gasteiger partial charge in [-0.3, -0.25) is 9.69 Å². The van der Waals surface area contributed by atoms with Crippen molar-refractivity contribution in [3.63, 3.8) is 0 Å². The third-order valence-electron chi connectivity index (χ3n) is 4.05. The molecule has 1 aromatic heterocycles. The van der Waals surface area contributed by atoms with Gasteiger partial charge in [0.15, 0.2) is 0 Å². The highest BCUT2D eigenvalue weighted by molar-refractivity contribution is 5.76. The zero-order valence-corrected chi connectivity index (χ0v) is 13.3. The molecule has 3 rings (SSSR count). The molecule has 8 nitrogen and oxygen atoms in total. The minimum atomic E-state index is -0.638. The molecule has 0 saturated carbocycles. The third kappa shape index (κ3) is 3.72. The van der Waals surface area contributed by atoms with Crippen molar-refractivity contribution >= 4 is 5.91 Å². The van der Waals surface area contributed by atoms with Crippen LogP contribution < -0.4 is 5.76 Å². The SMILES string of the molecule is O=C(Cn1nc(-c2ccccc2)oc1=O)N1CCN(CCO)CC1. The van der Waals surface area contributed by atoms with Crippen LogP contribution in [0.25, 0.3) is 11.5 Å². The minimum Gasteiger partial charge on any atom is -0.395 e. The summed E-state index contributed by atoms with van der Waals surface area (Å²) in [5, 5.41) is 13.0. The highest BCUT2D eigenvalue weighted by Crippen LogP contribution is 2.14. The Balaban J connectivity index is 1.63. The Morgan fingerprint density at radius 3 is 2.54 bits per heavy atom. The van der Waals surface area contributed by atoms with Crippen molar-refractivity contribution in [2.45, 2.75) is 6.54 Å². The summed E-state index contributed by atoms with van der Waals surface area (Å²) >= 11 is 0. The van der Waals surface area contributed by atoms with Gasteiger partial charge in [0.25, 0.3) is 0 Å². The number of rotatable bonds is 5. The summed E-state index contributed by atoms with van der Waals surface area (Å²) < 4.78 is 6.19. The molecule has 1 saturated heterocycles. The fourth-order valence-electron chi connectivity index (χ4n) is 2.69. The molecular formula is C16H20N4O4. The molecule has 1 aliphatic heterocycles. The van der Waals surface area contributed by atoms with Gasteiger partial charge in [0, 0.05) is 38.3 Å². The fourth-order valence-corrected chi connectivity index (χ4v) is 2.69. The predicted molar refractivity (Wildman–Crippen MR) is 86.3 cm³/mol.